The highest BCUT2D eigenvalue weighted by molar-refractivity contribution is 7.21. The van der Waals surface area contributed by atoms with Gasteiger partial charge in [-0.15, -0.1) is 0 Å². The number of anilines is 1. The third-order valence-corrected chi connectivity index (χ3v) is 8.64. The van der Waals surface area contributed by atoms with E-state index < -0.39 is 0 Å². The number of fused-ring (bicyclic) bond motifs is 2. The predicted octanol–water partition coefficient (Wildman–Crippen LogP) is 6.99. The molecule has 0 radical (unpaired) electrons. The topological polar surface area (TPSA) is 24.4 Å². The monoisotopic (exact) mass is 487 g/mol. The molecule has 174 valence electrons. The first-order valence-corrected chi connectivity index (χ1v) is 13.8. The van der Waals surface area contributed by atoms with Gasteiger partial charge in [-0.1, -0.05) is 46.9 Å². The van der Waals surface area contributed by atoms with E-state index in [4.69, 9.17) is 4.99 Å². The number of nitrogens with zero attached hydrogens (tertiary/aromatic N) is 4. The fourth-order valence-electron chi connectivity index (χ4n) is 4.64. The average molecular weight is 488 g/mol. The van der Waals surface area contributed by atoms with E-state index in [1.54, 1.807) is 11.3 Å². The molecule has 0 spiro atoms. The Morgan fingerprint density at radius 2 is 1.59 bits per heavy atom. The van der Waals surface area contributed by atoms with Gasteiger partial charge in [-0.3, -0.25) is 0 Å². The van der Waals surface area contributed by atoms with E-state index in [9.17, 15) is 0 Å². The van der Waals surface area contributed by atoms with Crippen LogP contribution in [0, 0.1) is 0 Å². The van der Waals surface area contributed by atoms with Crippen molar-refractivity contribution in [3.05, 3.63) is 71.5 Å². The molecule has 34 heavy (non-hydrogen) atoms. The summed E-state index contributed by atoms with van der Waals surface area (Å²) in [5.74, 6) is 0. The highest BCUT2D eigenvalue weighted by atomic mass is 32.1. The fourth-order valence-corrected chi connectivity index (χ4v) is 7.01. The third kappa shape index (κ3) is 3.95. The third-order valence-electron chi connectivity index (χ3n) is 6.38. The molecule has 0 aliphatic rings. The number of benzene rings is 3. The lowest BCUT2D eigenvalue weighted by Crippen LogP contribution is -2.32. The van der Waals surface area contributed by atoms with Gasteiger partial charge in [-0.05, 0) is 64.1 Å². The Morgan fingerprint density at radius 3 is 2.32 bits per heavy atom. The van der Waals surface area contributed by atoms with Crippen LogP contribution in [0.4, 0.5) is 11.4 Å². The molecule has 5 rings (SSSR count). The van der Waals surface area contributed by atoms with Gasteiger partial charge in [0.15, 0.2) is 4.80 Å². The number of rotatable bonds is 7. The van der Waals surface area contributed by atoms with E-state index in [-0.39, 0.29) is 0 Å². The van der Waals surface area contributed by atoms with Crippen molar-refractivity contribution in [2.45, 2.75) is 40.8 Å². The maximum atomic E-state index is 5.33. The van der Waals surface area contributed by atoms with Gasteiger partial charge in [0.1, 0.15) is 11.2 Å². The first-order chi connectivity index (χ1) is 16.7. The van der Waals surface area contributed by atoms with Crippen LogP contribution in [0.15, 0.2) is 71.7 Å². The Labute approximate surface area is 209 Å². The number of hydrogen-bond donors (Lipinski definition) is 0. The molecule has 5 aromatic rings. The minimum atomic E-state index is 0.895. The highest BCUT2D eigenvalue weighted by Gasteiger charge is 2.23. The molecule has 0 saturated heterocycles. The molecular formula is C28H31N4S2+. The zero-order chi connectivity index (χ0) is 23.7. The highest BCUT2D eigenvalue weighted by Crippen LogP contribution is 2.37. The molecule has 3 aromatic carbocycles. The van der Waals surface area contributed by atoms with Gasteiger partial charge < -0.3 is 9.47 Å². The quantitative estimate of drug-likeness (QED) is 0.227. The molecule has 0 amide bonds. The molecule has 0 fully saturated rings. The molecular weight excluding hydrogens is 456 g/mol. The van der Waals surface area contributed by atoms with Gasteiger partial charge in [0.05, 0.1) is 21.5 Å². The maximum Gasteiger partial charge on any atom is 0.272 e. The summed E-state index contributed by atoms with van der Waals surface area (Å²) < 4.78 is 7.33. The molecule has 0 unspecified atom stereocenters. The zero-order valence-electron chi connectivity index (χ0n) is 20.3. The lowest BCUT2D eigenvalue weighted by atomic mass is 10.1. The lowest BCUT2D eigenvalue weighted by Gasteiger charge is -2.21. The fraction of sp³-hybridized carbons (Fsp3) is 0.286. The second-order valence-electron chi connectivity index (χ2n) is 8.20. The van der Waals surface area contributed by atoms with Gasteiger partial charge in [-0.2, -0.15) is 4.57 Å². The van der Waals surface area contributed by atoms with Crippen LogP contribution in [0.5, 0.6) is 0 Å². The summed E-state index contributed by atoms with van der Waals surface area (Å²) in [6, 6.07) is 24.1. The van der Waals surface area contributed by atoms with E-state index in [1.165, 1.54) is 36.7 Å². The summed E-state index contributed by atoms with van der Waals surface area (Å²) >= 11 is 3.62. The van der Waals surface area contributed by atoms with Crippen LogP contribution >= 0.6 is 22.7 Å². The van der Waals surface area contributed by atoms with Gasteiger partial charge in [0.25, 0.3) is 5.01 Å². The van der Waals surface area contributed by atoms with Crippen molar-refractivity contribution in [1.82, 2.24) is 4.57 Å². The summed E-state index contributed by atoms with van der Waals surface area (Å²) in [5.41, 5.74) is 5.99. The SMILES string of the molecule is CCN(CC)c1ccc(-c2sc3ccccc3[n+]2CC)c(N=c2sc3ccccc3n2CC)c1. The average Bonchev–Trinajstić information content (AvgIpc) is 3.42. The number of aryl methyl sites for hydroxylation is 2. The van der Waals surface area contributed by atoms with Crippen molar-refractivity contribution in [2.75, 3.05) is 18.0 Å². The van der Waals surface area contributed by atoms with Crippen LogP contribution < -0.4 is 14.3 Å². The van der Waals surface area contributed by atoms with Gasteiger partial charge in [0, 0.05) is 31.4 Å². The molecule has 0 saturated carbocycles. The minimum absolute atomic E-state index is 0.895. The summed E-state index contributed by atoms with van der Waals surface area (Å²) in [6.45, 7) is 12.6. The maximum absolute atomic E-state index is 5.33. The molecule has 6 heteroatoms. The Morgan fingerprint density at radius 1 is 0.853 bits per heavy atom. The molecule has 2 heterocycles. The van der Waals surface area contributed by atoms with Crippen LogP contribution in [0.2, 0.25) is 0 Å². The number of thiazole rings is 2. The van der Waals surface area contributed by atoms with Crippen molar-refractivity contribution in [2.24, 2.45) is 4.99 Å². The van der Waals surface area contributed by atoms with Gasteiger partial charge in [-0.25, -0.2) is 4.99 Å². The molecule has 0 N–H and O–H groups in total. The molecule has 0 aliphatic heterocycles. The molecule has 4 nitrogen and oxygen atoms in total. The number of para-hydroxylation sites is 2. The molecule has 0 aliphatic carbocycles. The minimum Gasteiger partial charge on any atom is -0.372 e. The zero-order valence-corrected chi connectivity index (χ0v) is 21.9. The Hall–Kier alpha value is -2.96. The summed E-state index contributed by atoms with van der Waals surface area (Å²) in [7, 11) is 0. The Balaban J connectivity index is 1.80. The van der Waals surface area contributed by atoms with E-state index in [2.05, 4.69) is 108 Å². The van der Waals surface area contributed by atoms with E-state index >= 15 is 0 Å². The van der Waals surface area contributed by atoms with Gasteiger partial charge in [0.2, 0.25) is 5.52 Å². The first-order valence-electron chi connectivity index (χ1n) is 12.1. The van der Waals surface area contributed by atoms with Gasteiger partial charge >= 0.3 is 0 Å². The molecule has 0 atom stereocenters. The van der Waals surface area contributed by atoms with Crippen molar-refractivity contribution in [1.29, 1.82) is 0 Å². The normalized spacial score (nSPS) is 12.2. The van der Waals surface area contributed by atoms with E-state index in [0.717, 1.165) is 36.7 Å². The Kier molecular flexibility index (Phi) is 6.53. The second kappa shape index (κ2) is 9.72. The number of hydrogen-bond acceptors (Lipinski definition) is 4. The largest absolute Gasteiger partial charge is 0.372 e. The van der Waals surface area contributed by atoms with Crippen LogP contribution in [-0.2, 0) is 13.1 Å². The van der Waals surface area contributed by atoms with Crippen LogP contribution in [0.1, 0.15) is 27.7 Å². The molecule has 2 aromatic heterocycles. The first kappa shape index (κ1) is 22.8. The van der Waals surface area contributed by atoms with Crippen molar-refractivity contribution >= 4 is 54.5 Å². The van der Waals surface area contributed by atoms with Crippen LogP contribution in [0.3, 0.4) is 0 Å². The van der Waals surface area contributed by atoms with E-state index in [1.807, 2.05) is 11.3 Å². The van der Waals surface area contributed by atoms with Crippen LogP contribution in [0.25, 0.3) is 31.0 Å². The van der Waals surface area contributed by atoms with Crippen molar-refractivity contribution < 1.29 is 4.57 Å². The smallest absolute Gasteiger partial charge is 0.272 e. The second-order valence-corrected chi connectivity index (χ2v) is 10.2. The van der Waals surface area contributed by atoms with Crippen LogP contribution in [-0.4, -0.2) is 17.7 Å². The molecule has 0 bridgehead atoms. The summed E-state index contributed by atoms with van der Waals surface area (Å²) in [5, 5.41) is 1.26. The lowest BCUT2D eigenvalue weighted by molar-refractivity contribution is -0.653. The Bertz CT molecular complexity index is 1520. The van der Waals surface area contributed by atoms with Crippen molar-refractivity contribution in [3.8, 4) is 10.6 Å². The van der Waals surface area contributed by atoms with Crippen molar-refractivity contribution in [3.63, 3.8) is 0 Å². The van der Waals surface area contributed by atoms with E-state index in [0.29, 0.717) is 0 Å². The standard InChI is InChI=1S/C28H31N4S2/c1-5-30(6-2)20-17-18-21(27-31(7-3)23-13-9-11-15-25(23)33-27)22(19-20)29-28-32(8-4)24-14-10-12-16-26(24)34-28/h9-19H,5-8H2,1-4H3/q+1. The number of aromatic nitrogens is 2. The predicted molar refractivity (Wildman–Crippen MR) is 147 cm³/mol. The summed E-state index contributed by atoms with van der Waals surface area (Å²) in [4.78, 5) is 8.77. The summed E-state index contributed by atoms with van der Waals surface area (Å²) in [6.07, 6.45) is 0.